The number of H-pyrrole nitrogens is 1. The van der Waals surface area contributed by atoms with Crippen LogP contribution in [0, 0.1) is 12.7 Å². The Balaban J connectivity index is 1.41. The topological polar surface area (TPSA) is 135 Å². The van der Waals surface area contributed by atoms with Crippen molar-refractivity contribution < 1.29 is 9.18 Å². The molecular weight excluding hydrogens is 549 g/mol. The number of likely N-dealkylation sites (N-methyl/N-ethyl adjacent to an activating group) is 1. The Morgan fingerprint density at radius 3 is 2.58 bits per heavy atom. The van der Waals surface area contributed by atoms with Crippen molar-refractivity contribution in [2.75, 3.05) is 12.4 Å². The number of aryl methyl sites for hydroxylation is 1. The number of anilines is 1. The number of pyridine rings is 2. The minimum atomic E-state index is -0.487. The second-order valence-corrected chi connectivity index (χ2v) is 10.2. The molecule has 6 rings (SSSR count). The molecule has 1 unspecified atom stereocenters. The minimum absolute atomic E-state index is 0.164. The molecule has 216 valence electrons. The van der Waals surface area contributed by atoms with Gasteiger partial charge in [-0.15, -0.1) is 10.2 Å². The number of carbonyl (C=O) groups is 1. The molecule has 4 heterocycles. The molecule has 1 atom stereocenters. The van der Waals surface area contributed by atoms with E-state index in [0.29, 0.717) is 11.5 Å². The predicted molar refractivity (Wildman–Crippen MR) is 161 cm³/mol. The number of amides is 1. The average molecular weight is 578 g/mol. The van der Waals surface area contributed by atoms with Crippen molar-refractivity contribution in [2.24, 2.45) is 0 Å². The highest BCUT2D eigenvalue weighted by Gasteiger charge is 2.17. The van der Waals surface area contributed by atoms with Gasteiger partial charge in [0.25, 0.3) is 5.56 Å². The Morgan fingerprint density at radius 1 is 1.05 bits per heavy atom. The van der Waals surface area contributed by atoms with Gasteiger partial charge in [0.15, 0.2) is 0 Å². The zero-order valence-corrected chi connectivity index (χ0v) is 23.7. The van der Waals surface area contributed by atoms with Crippen molar-refractivity contribution in [1.29, 1.82) is 0 Å². The summed E-state index contributed by atoms with van der Waals surface area (Å²) in [6.07, 6.45) is 5.36. The van der Waals surface area contributed by atoms with E-state index in [0.717, 1.165) is 38.8 Å². The van der Waals surface area contributed by atoms with Gasteiger partial charge in [0, 0.05) is 23.3 Å². The van der Waals surface area contributed by atoms with E-state index in [4.69, 9.17) is 0 Å². The van der Waals surface area contributed by atoms with Crippen LogP contribution in [0.3, 0.4) is 0 Å². The van der Waals surface area contributed by atoms with Crippen LogP contribution in [-0.4, -0.2) is 53.7 Å². The fourth-order valence-electron chi connectivity index (χ4n) is 4.98. The van der Waals surface area contributed by atoms with Crippen LogP contribution in [-0.2, 0) is 11.3 Å². The molecule has 0 aliphatic rings. The Morgan fingerprint density at radius 2 is 1.84 bits per heavy atom. The normalized spacial score (nSPS) is 12.0. The van der Waals surface area contributed by atoms with Crippen LogP contribution in [0.15, 0.2) is 84.0 Å². The number of hydrogen-bond donors (Lipinski definition) is 3. The zero-order chi connectivity index (χ0) is 30.1. The smallest absolute Gasteiger partial charge is 0.275 e. The molecule has 6 aromatic rings. The molecule has 0 saturated heterocycles. The molecule has 0 spiro atoms. The molecule has 4 aromatic heterocycles. The van der Waals surface area contributed by atoms with Crippen molar-refractivity contribution in [2.45, 2.75) is 26.4 Å². The lowest BCUT2D eigenvalue weighted by Crippen LogP contribution is -2.37. The van der Waals surface area contributed by atoms with Gasteiger partial charge in [0.1, 0.15) is 11.5 Å². The molecule has 0 saturated carbocycles. The average Bonchev–Trinajstić information content (AvgIpc) is 3.67. The Kier molecular flexibility index (Phi) is 7.34. The third-order valence-corrected chi connectivity index (χ3v) is 7.41. The summed E-state index contributed by atoms with van der Waals surface area (Å²) in [5.41, 5.74) is 5.31. The van der Waals surface area contributed by atoms with E-state index < -0.39 is 6.04 Å². The first-order chi connectivity index (χ1) is 20.8. The predicted octanol–water partition coefficient (Wildman–Crippen LogP) is 4.08. The number of hydrogen-bond acceptors (Lipinski definition) is 7. The van der Waals surface area contributed by atoms with Crippen LogP contribution < -0.4 is 16.2 Å². The molecule has 12 heteroatoms. The second kappa shape index (κ2) is 11.4. The summed E-state index contributed by atoms with van der Waals surface area (Å²) in [6.45, 7) is 3.82. The highest BCUT2D eigenvalue weighted by molar-refractivity contribution is 5.94. The van der Waals surface area contributed by atoms with Gasteiger partial charge in [0.2, 0.25) is 11.7 Å². The number of benzene rings is 2. The summed E-state index contributed by atoms with van der Waals surface area (Å²) in [4.78, 5) is 30.9. The van der Waals surface area contributed by atoms with E-state index >= 15 is 0 Å². The van der Waals surface area contributed by atoms with Gasteiger partial charge >= 0.3 is 0 Å². The van der Waals surface area contributed by atoms with E-state index in [1.54, 1.807) is 49.1 Å². The van der Waals surface area contributed by atoms with Crippen LogP contribution >= 0.6 is 0 Å². The molecule has 2 aromatic carbocycles. The van der Waals surface area contributed by atoms with Crippen LogP contribution in [0.1, 0.15) is 18.1 Å². The summed E-state index contributed by atoms with van der Waals surface area (Å²) in [6, 6.07) is 17.0. The standard InChI is InChI=1S/C31H28FN9O2/c1-18-16-40(28-10-8-23(32)13-25(18)28)24-12-20(14-34-15-24)17-41-27(11-9-26(31(41)43)35-30(42)19(2)33-3)21-4-6-22(7-5-21)29-36-38-39-37-29/h4-16,19,33H,17H2,1-3H3,(H,35,42)(H,36,37,38,39). The van der Waals surface area contributed by atoms with Crippen LogP contribution in [0.25, 0.3) is 39.2 Å². The zero-order valence-electron chi connectivity index (χ0n) is 23.7. The van der Waals surface area contributed by atoms with Crippen LogP contribution in [0.5, 0.6) is 0 Å². The van der Waals surface area contributed by atoms with E-state index in [1.807, 2.05) is 48.0 Å². The van der Waals surface area contributed by atoms with E-state index in [1.165, 1.54) is 12.1 Å². The third kappa shape index (κ3) is 5.43. The molecular formula is C31H28FN9O2. The quantitative estimate of drug-likeness (QED) is 0.248. The first-order valence-corrected chi connectivity index (χ1v) is 13.6. The number of halogens is 1. The Labute approximate surface area is 245 Å². The number of aromatic amines is 1. The van der Waals surface area contributed by atoms with E-state index in [-0.39, 0.29) is 29.5 Å². The fourth-order valence-corrected chi connectivity index (χ4v) is 4.98. The lowest BCUT2D eigenvalue weighted by molar-refractivity contribution is -0.117. The monoisotopic (exact) mass is 577 g/mol. The number of fused-ring (bicyclic) bond motifs is 1. The van der Waals surface area contributed by atoms with E-state index in [9.17, 15) is 14.0 Å². The van der Waals surface area contributed by atoms with Crippen LogP contribution in [0.2, 0.25) is 0 Å². The maximum Gasteiger partial charge on any atom is 0.275 e. The van der Waals surface area contributed by atoms with Gasteiger partial charge in [-0.1, -0.05) is 24.3 Å². The molecule has 0 aliphatic carbocycles. The summed E-state index contributed by atoms with van der Waals surface area (Å²) in [7, 11) is 1.68. The number of tetrazole rings is 1. The van der Waals surface area contributed by atoms with Crippen LogP contribution in [0.4, 0.5) is 10.1 Å². The molecule has 0 aliphatic heterocycles. The third-order valence-electron chi connectivity index (χ3n) is 7.41. The van der Waals surface area contributed by atoms with Crippen molar-refractivity contribution in [3.8, 4) is 28.3 Å². The molecule has 0 fully saturated rings. The summed E-state index contributed by atoms with van der Waals surface area (Å²) in [5.74, 6) is -0.161. The van der Waals surface area contributed by atoms with Gasteiger partial charge in [-0.05, 0) is 79.2 Å². The molecule has 11 nitrogen and oxygen atoms in total. The number of aromatic nitrogens is 7. The SMILES string of the molecule is CNC(C)C(=O)Nc1ccc(-c2ccc(-c3nn[nH]n3)cc2)n(Cc2cncc(-n3cc(C)c4cc(F)ccc43)c2)c1=O. The summed E-state index contributed by atoms with van der Waals surface area (Å²) in [5, 5.41) is 20.5. The van der Waals surface area contributed by atoms with Gasteiger partial charge < -0.3 is 19.8 Å². The summed E-state index contributed by atoms with van der Waals surface area (Å²) < 4.78 is 17.5. The molecule has 0 radical (unpaired) electrons. The lowest BCUT2D eigenvalue weighted by Gasteiger charge is -2.17. The fraction of sp³-hybridized carbons (Fsp3) is 0.161. The number of nitrogens with one attached hydrogen (secondary N) is 3. The van der Waals surface area contributed by atoms with Gasteiger partial charge in [-0.25, -0.2) is 4.39 Å². The molecule has 3 N–H and O–H groups in total. The van der Waals surface area contributed by atoms with Crippen molar-refractivity contribution in [3.05, 3.63) is 107 Å². The minimum Gasteiger partial charge on any atom is -0.320 e. The number of carbonyl (C=O) groups excluding carboxylic acids is 1. The van der Waals surface area contributed by atoms with Gasteiger partial charge in [0.05, 0.1) is 35.7 Å². The van der Waals surface area contributed by atoms with Crippen molar-refractivity contribution >= 4 is 22.5 Å². The highest BCUT2D eigenvalue weighted by Crippen LogP contribution is 2.27. The Hall–Kier alpha value is -5.49. The van der Waals surface area contributed by atoms with E-state index in [2.05, 4.69) is 36.2 Å². The molecule has 0 bridgehead atoms. The van der Waals surface area contributed by atoms with Crippen molar-refractivity contribution in [3.63, 3.8) is 0 Å². The number of nitrogens with zero attached hydrogens (tertiary/aromatic N) is 6. The highest BCUT2D eigenvalue weighted by atomic mass is 19.1. The maximum atomic E-state index is 13.9. The second-order valence-electron chi connectivity index (χ2n) is 10.2. The molecule has 43 heavy (non-hydrogen) atoms. The first kappa shape index (κ1) is 27.7. The molecule has 1 amide bonds. The van der Waals surface area contributed by atoms with Gasteiger partial charge in [-0.3, -0.25) is 14.6 Å². The van der Waals surface area contributed by atoms with Gasteiger partial charge in [-0.2, -0.15) is 5.21 Å². The number of rotatable bonds is 8. The summed E-state index contributed by atoms with van der Waals surface area (Å²) >= 11 is 0. The maximum absolute atomic E-state index is 13.9. The Bertz CT molecular complexity index is 2000. The lowest BCUT2D eigenvalue weighted by atomic mass is 10.1. The first-order valence-electron chi connectivity index (χ1n) is 13.6. The largest absolute Gasteiger partial charge is 0.320 e. The van der Waals surface area contributed by atoms with Crippen molar-refractivity contribution in [1.82, 2.24) is 40.1 Å².